The lowest BCUT2D eigenvalue weighted by molar-refractivity contribution is -0.131. The van der Waals surface area contributed by atoms with E-state index in [4.69, 9.17) is 5.11 Å². The van der Waals surface area contributed by atoms with Gasteiger partial charge in [0.1, 0.15) is 12.6 Å². The van der Waals surface area contributed by atoms with Gasteiger partial charge in [0, 0.05) is 18.1 Å². The zero-order valence-corrected chi connectivity index (χ0v) is 5.11. The van der Waals surface area contributed by atoms with Crippen LogP contribution in [-0.4, -0.2) is 23.6 Å². The Morgan fingerprint density at radius 2 is 2.00 bits per heavy atom. The molecule has 4 nitrogen and oxygen atoms in total. The highest BCUT2D eigenvalue weighted by atomic mass is 16.4. The fraction of sp³-hybridized carbons (Fsp3) is 0.167. The molecule has 0 unspecified atom stereocenters. The quantitative estimate of drug-likeness (QED) is 0.435. The molecule has 0 radical (unpaired) electrons. The summed E-state index contributed by atoms with van der Waals surface area (Å²) in [6.45, 7) is 0. The minimum absolute atomic E-state index is 0.0255. The van der Waals surface area contributed by atoms with E-state index in [0.29, 0.717) is 18.6 Å². The average Bonchev–Trinajstić information content (AvgIpc) is 1.86. The van der Waals surface area contributed by atoms with Crippen LogP contribution in [0.4, 0.5) is 0 Å². The van der Waals surface area contributed by atoms with Crippen molar-refractivity contribution in [2.24, 2.45) is 0 Å². The second-order valence-electron chi connectivity index (χ2n) is 1.55. The molecule has 0 aliphatic heterocycles. The first-order chi connectivity index (χ1) is 4.70. The Kier molecular flexibility index (Phi) is 3.79. The number of carboxylic acid groups (broad SMARTS) is 1. The third-order valence-corrected chi connectivity index (χ3v) is 0.779. The molecule has 0 saturated heterocycles. The average molecular weight is 142 g/mol. The molecule has 0 saturated carbocycles. The standard InChI is InChI=1S/C6H6O4/c7-2-1-5(4-8)3-6(9)10/h2-4H,1H2,(H,9,10). The molecule has 0 amide bonds. The summed E-state index contributed by atoms with van der Waals surface area (Å²) < 4.78 is 0. The van der Waals surface area contributed by atoms with E-state index in [-0.39, 0.29) is 12.0 Å². The number of aliphatic carboxylic acids is 1. The molecule has 0 atom stereocenters. The maximum absolute atomic E-state index is 9.94. The lowest BCUT2D eigenvalue weighted by atomic mass is 10.2. The number of carbonyl (C=O) groups excluding carboxylic acids is 2. The minimum Gasteiger partial charge on any atom is -0.478 e. The van der Waals surface area contributed by atoms with E-state index in [2.05, 4.69) is 0 Å². The van der Waals surface area contributed by atoms with Gasteiger partial charge in [0.2, 0.25) is 0 Å². The van der Waals surface area contributed by atoms with Crippen molar-refractivity contribution in [3.63, 3.8) is 0 Å². The summed E-state index contributed by atoms with van der Waals surface area (Å²) in [5.41, 5.74) is -0.0255. The van der Waals surface area contributed by atoms with E-state index in [1.54, 1.807) is 0 Å². The van der Waals surface area contributed by atoms with E-state index in [1.165, 1.54) is 0 Å². The summed E-state index contributed by atoms with van der Waals surface area (Å²) >= 11 is 0. The second kappa shape index (κ2) is 4.43. The van der Waals surface area contributed by atoms with Crippen molar-refractivity contribution in [1.82, 2.24) is 0 Å². The van der Waals surface area contributed by atoms with E-state index < -0.39 is 5.97 Å². The molecule has 0 aromatic rings. The zero-order valence-electron chi connectivity index (χ0n) is 5.11. The zero-order chi connectivity index (χ0) is 7.98. The Labute approximate surface area is 57.2 Å². The molecule has 1 N–H and O–H groups in total. The molecular weight excluding hydrogens is 136 g/mol. The summed E-state index contributed by atoms with van der Waals surface area (Å²) in [6.07, 6.45) is 1.39. The highest BCUT2D eigenvalue weighted by Crippen LogP contribution is 1.92. The first-order valence-electron chi connectivity index (χ1n) is 2.53. The molecule has 0 aliphatic carbocycles. The van der Waals surface area contributed by atoms with Crippen LogP contribution in [0.2, 0.25) is 0 Å². The van der Waals surface area contributed by atoms with Gasteiger partial charge in [-0.1, -0.05) is 0 Å². The van der Waals surface area contributed by atoms with Gasteiger partial charge in [0.15, 0.2) is 0 Å². The van der Waals surface area contributed by atoms with Crippen molar-refractivity contribution >= 4 is 18.5 Å². The Balaban J connectivity index is 4.16. The SMILES string of the molecule is O=CCC(C=O)=CC(=O)O. The maximum atomic E-state index is 9.94. The minimum atomic E-state index is -1.22. The number of rotatable bonds is 4. The van der Waals surface area contributed by atoms with E-state index in [9.17, 15) is 14.4 Å². The van der Waals surface area contributed by atoms with E-state index in [0.717, 1.165) is 0 Å². The summed E-state index contributed by atoms with van der Waals surface area (Å²) in [7, 11) is 0. The molecule has 0 aromatic heterocycles. The van der Waals surface area contributed by atoms with Crippen molar-refractivity contribution in [2.75, 3.05) is 0 Å². The molecule has 0 aromatic carbocycles. The van der Waals surface area contributed by atoms with Crippen LogP contribution in [0.1, 0.15) is 6.42 Å². The Hall–Kier alpha value is -1.45. The number of carboxylic acids is 1. The molecule has 0 aliphatic rings. The van der Waals surface area contributed by atoms with Crippen LogP contribution in [0.5, 0.6) is 0 Å². The van der Waals surface area contributed by atoms with Gasteiger partial charge >= 0.3 is 5.97 Å². The largest absolute Gasteiger partial charge is 0.478 e. The molecule has 0 fully saturated rings. The summed E-state index contributed by atoms with van der Waals surface area (Å²) in [4.78, 5) is 29.6. The van der Waals surface area contributed by atoms with Crippen molar-refractivity contribution in [3.8, 4) is 0 Å². The van der Waals surface area contributed by atoms with Crippen LogP contribution >= 0.6 is 0 Å². The predicted octanol–water partition coefficient (Wildman–Crippen LogP) is -0.215. The van der Waals surface area contributed by atoms with E-state index in [1.807, 2.05) is 0 Å². The topological polar surface area (TPSA) is 71.4 Å². The van der Waals surface area contributed by atoms with Crippen LogP contribution in [0.25, 0.3) is 0 Å². The van der Waals surface area contributed by atoms with Crippen LogP contribution in [0.3, 0.4) is 0 Å². The third-order valence-electron chi connectivity index (χ3n) is 0.779. The van der Waals surface area contributed by atoms with Gasteiger partial charge in [-0.2, -0.15) is 0 Å². The molecule has 0 rings (SSSR count). The van der Waals surface area contributed by atoms with Crippen LogP contribution in [-0.2, 0) is 14.4 Å². The molecule has 0 spiro atoms. The van der Waals surface area contributed by atoms with Crippen molar-refractivity contribution in [3.05, 3.63) is 11.6 Å². The van der Waals surface area contributed by atoms with Crippen molar-refractivity contribution in [2.45, 2.75) is 6.42 Å². The fourth-order valence-electron chi connectivity index (χ4n) is 0.396. The lowest BCUT2D eigenvalue weighted by Gasteiger charge is -1.86. The Morgan fingerprint density at radius 1 is 1.40 bits per heavy atom. The normalized spacial score (nSPS) is 10.6. The van der Waals surface area contributed by atoms with Crippen molar-refractivity contribution in [1.29, 1.82) is 0 Å². The Morgan fingerprint density at radius 3 is 2.30 bits per heavy atom. The first kappa shape index (κ1) is 8.55. The van der Waals surface area contributed by atoms with Gasteiger partial charge in [0.05, 0.1) is 0 Å². The molecular formula is C6H6O4. The van der Waals surface area contributed by atoms with Gasteiger partial charge in [-0.3, -0.25) is 4.79 Å². The number of carbonyl (C=O) groups is 3. The third kappa shape index (κ3) is 3.54. The van der Waals surface area contributed by atoms with Crippen LogP contribution in [0, 0.1) is 0 Å². The van der Waals surface area contributed by atoms with Gasteiger partial charge in [0.25, 0.3) is 0 Å². The Bertz CT molecular complexity index is 180. The van der Waals surface area contributed by atoms with Gasteiger partial charge in [-0.15, -0.1) is 0 Å². The van der Waals surface area contributed by atoms with Gasteiger partial charge in [-0.25, -0.2) is 4.79 Å². The molecule has 54 valence electrons. The predicted molar refractivity (Wildman–Crippen MR) is 32.5 cm³/mol. The first-order valence-corrected chi connectivity index (χ1v) is 2.53. The summed E-state index contributed by atoms with van der Waals surface area (Å²) in [5, 5.41) is 8.09. The number of aldehydes is 2. The molecule has 0 bridgehead atoms. The number of allylic oxidation sites excluding steroid dienone is 1. The maximum Gasteiger partial charge on any atom is 0.328 e. The molecule has 10 heavy (non-hydrogen) atoms. The van der Waals surface area contributed by atoms with Gasteiger partial charge in [-0.05, 0) is 0 Å². The number of hydrogen-bond acceptors (Lipinski definition) is 3. The van der Waals surface area contributed by atoms with E-state index >= 15 is 0 Å². The summed E-state index contributed by atoms with van der Waals surface area (Å²) in [5.74, 6) is -1.22. The molecule has 0 heterocycles. The summed E-state index contributed by atoms with van der Waals surface area (Å²) in [6, 6.07) is 0. The fourth-order valence-corrected chi connectivity index (χ4v) is 0.396. The highest BCUT2D eigenvalue weighted by Gasteiger charge is 1.96. The van der Waals surface area contributed by atoms with Crippen LogP contribution in [0.15, 0.2) is 11.6 Å². The van der Waals surface area contributed by atoms with Crippen molar-refractivity contribution < 1.29 is 19.5 Å². The second-order valence-corrected chi connectivity index (χ2v) is 1.55. The lowest BCUT2D eigenvalue weighted by Crippen LogP contribution is -1.94. The monoisotopic (exact) mass is 142 g/mol. The smallest absolute Gasteiger partial charge is 0.328 e. The molecule has 4 heteroatoms. The van der Waals surface area contributed by atoms with Crippen LogP contribution < -0.4 is 0 Å². The van der Waals surface area contributed by atoms with Gasteiger partial charge < -0.3 is 9.90 Å². The number of hydrogen-bond donors (Lipinski definition) is 1. The highest BCUT2D eigenvalue weighted by molar-refractivity contribution is 5.90.